The zero-order valence-electron chi connectivity index (χ0n) is 9.75. The van der Waals surface area contributed by atoms with Crippen LogP contribution in [-0.4, -0.2) is 23.9 Å². The summed E-state index contributed by atoms with van der Waals surface area (Å²) in [4.78, 5) is 14.4. The van der Waals surface area contributed by atoms with E-state index in [2.05, 4.69) is 45.4 Å². The van der Waals surface area contributed by atoms with E-state index in [-0.39, 0.29) is 5.91 Å². The number of likely N-dealkylation sites (tertiary alicyclic amines) is 1. The van der Waals surface area contributed by atoms with Crippen LogP contribution in [0.4, 0.5) is 0 Å². The highest BCUT2D eigenvalue weighted by Crippen LogP contribution is 2.23. The van der Waals surface area contributed by atoms with Crippen molar-refractivity contribution in [1.82, 2.24) is 4.90 Å². The fourth-order valence-electron chi connectivity index (χ4n) is 2.21. The maximum absolute atomic E-state index is 12.4. The first-order valence-corrected chi connectivity index (χ1v) is 7.69. The third-order valence-corrected chi connectivity index (χ3v) is 4.54. The molecule has 4 heteroatoms. The number of halogens is 2. The molecule has 0 N–H and O–H groups in total. The van der Waals surface area contributed by atoms with Gasteiger partial charge in [0.2, 0.25) is 0 Å². The minimum atomic E-state index is 0.169. The summed E-state index contributed by atoms with van der Waals surface area (Å²) in [6.07, 6.45) is 2.36. The van der Waals surface area contributed by atoms with Gasteiger partial charge >= 0.3 is 0 Å². The van der Waals surface area contributed by atoms with E-state index in [0.717, 1.165) is 33.1 Å². The molecule has 0 radical (unpaired) electrons. The van der Waals surface area contributed by atoms with E-state index in [4.69, 9.17) is 0 Å². The van der Waals surface area contributed by atoms with E-state index in [1.165, 1.54) is 6.42 Å². The molecule has 0 aromatic heterocycles. The Hall–Kier alpha value is -0.100. The number of amides is 1. The number of carbonyl (C=O) groups is 1. The maximum atomic E-state index is 12.4. The second-order valence-electron chi connectivity index (χ2n) is 4.62. The van der Waals surface area contributed by atoms with Gasteiger partial charge in [0.05, 0.1) is 5.56 Å². The molecule has 1 heterocycles. The van der Waals surface area contributed by atoms with Gasteiger partial charge in [0.15, 0.2) is 0 Å². The van der Waals surface area contributed by atoms with E-state index >= 15 is 0 Å². The van der Waals surface area contributed by atoms with Gasteiger partial charge in [-0.3, -0.25) is 4.79 Å². The summed E-state index contributed by atoms with van der Waals surface area (Å²) in [7, 11) is 0. The van der Waals surface area contributed by atoms with Crippen molar-refractivity contribution in [2.45, 2.75) is 19.8 Å². The topological polar surface area (TPSA) is 20.3 Å². The van der Waals surface area contributed by atoms with Crippen LogP contribution < -0.4 is 0 Å². The molecule has 1 fully saturated rings. The Bertz CT molecular complexity index is 435. The molecule has 1 amide bonds. The minimum Gasteiger partial charge on any atom is -0.338 e. The van der Waals surface area contributed by atoms with Crippen LogP contribution in [0.1, 0.15) is 30.1 Å². The first kappa shape index (κ1) is 13.3. The first-order valence-electron chi connectivity index (χ1n) is 5.82. The van der Waals surface area contributed by atoms with Crippen molar-refractivity contribution in [2.75, 3.05) is 13.1 Å². The molecule has 1 saturated heterocycles. The van der Waals surface area contributed by atoms with E-state index in [1.54, 1.807) is 0 Å². The summed E-state index contributed by atoms with van der Waals surface area (Å²) in [6.45, 7) is 4.00. The predicted molar refractivity (Wildman–Crippen MR) is 81.2 cm³/mol. The van der Waals surface area contributed by atoms with Crippen LogP contribution in [0.15, 0.2) is 22.7 Å². The lowest BCUT2D eigenvalue weighted by Crippen LogP contribution is -2.39. The Balaban J connectivity index is 2.21. The average molecular weight is 408 g/mol. The number of hydrogen-bond donors (Lipinski definition) is 0. The fourth-order valence-corrected chi connectivity index (χ4v) is 3.13. The molecule has 1 aliphatic heterocycles. The van der Waals surface area contributed by atoms with Crippen molar-refractivity contribution in [3.63, 3.8) is 0 Å². The van der Waals surface area contributed by atoms with E-state index in [0.29, 0.717) is 5.92 Å². The number of nitrogens with zero attached hydrogens (tertiary/aromatic N) is 1. The van der Waals surface area contributed by atoms with Crippen molar-refractivity contribution in [2.24, 2.45) is 5.92 Å². The molecule has 1 aliphatic rings. The lowest BCUT2D eigenvalue weighted by atomic mass is 9.99. The summed E-state index contributed by atoms with van der Waals surface area (Å²) < 4.78 is 1.99. The smallest absolute Gasteiger partial charge is 0.254 e. The number of carbonyl (C=O) groups excluding carboxylic acids is 1. The van der Waals surface area contributed by atoms with Gasteiger partial charge in [0.1, 0.15) is 0 Å². The minimum absolute atomic E-state index is 0.169. The van der Waals surface area contributed by atoms with Gasteiger partial charge in [-0.05, 0) is 59.5 Å². The average Bonchev–Trinajstić information content (AvgIpc) is 2.31. The van der Waals surface area contributed by atoms with Crippen LogP contribution in [0.2, 0.25) is 0 Å². The number of rotatable bonds is 1. The molecular formula is C13H15BrINO. The summed E-state index contributed by atoms with van der Waals surface area (Å²) in [5.41, 5.74) is 0.814. The van der Waals surface area contributed by atoms with Crippen LogP contribution in [0.5, 0.6) is 0 Å². The highest BCUT2D eigenvalue weighted by atomic mass is 127. The Morgan fingerprint density at radius 3 is 3.00 bits per heavy atom. The molecule has 2 nitrogen and oxygen atoms in total. The molecular weight excluding hydrogens is 393 g/mol. The molecule has 0 spiro atoms. The van der Waals surface area contributed by atoms with Crippen molar-refractivity contribution in [3.8, 4) is 0 Å². The fraction of sp³-hybridized carbons (Fsp3) is 0.462. The maximum Gasteiger partial charge on any atom is 0.254 e. The molecule has 0 unspecified atom stereocenters. The second kappa shape index (κ2) is 5.69. The highest BCUT2D eigenvalue weighted by molar-refractivity contribution is 14.1. The third kappa shape index (κ3) is 3.22. The molecule has 1 aromatic rings. The van der Waals surface area contributed by atoms with E-state index in [9.17, 15) is 4.79 Å². The molecule has 1 aromatic carbocycles. The Morgan fingerprint density at radius 2 is 2.29 bits per heavy atom. The standard InChI is InChI=1S/C13H15BrINO/c1-9-3-2-6-16(8-9)13(17)11-7-10(14)4-5-12(11)15/h4-5,7,9H,2-3,6,8H2,1H3/t9-/m0/s1. The van der Waals surface area contributed by atoms with Gasteiger partial charge in [-0.15, -0.1) is 0 Å². The van der Waals surface area contributed by atoms with Gasteiger partial charge in [-0.25, -0.2) is 0 Å². The van der Waals surface area contributed by atoms with Crippen molar-refractivity contribution >= 4 is 44.4 Å². The first-order chi connectivity index (χ1) is 8.08. The van der Waals surface area contributed by atoms with Gasteiger partial charge in [-0.1, -0.05) is 22.9 Å². The zero-order chi connectivity index (χ0) is 12.4. The Kier molecular flexibility index (Phi) is 4.47. The van der Waals surface area contributed by atoms with Crippen molar-refractivity contribution < 1.29 is 4.79 Å². The Morgan fingerprint density at radius 1 is 1.53 bits per heavy atom. The quantitative estimate of drug-likeness (QED) is 0.646. The van der Waals surface area contributed by atoms with Gasteiger partial charge in [0, 0.05) is 21.1 Å². The SMILES string of the molecule is C[C@H]1CCCN(C(=O)c2cc(Br)ccc2I)C1. The van der Waals surface area contributed by atoms with Crippen molar-refractivity contribution in [3.05, 3.63) is 31.8 Å². The van der Waals surface area contributed by atoms with Crippen LogP contribution >= 0.6 is 38.5 Å². The molecule has 0 saturated carbocycles. The monoisotopic (exact) mass is 407 g/mol. The number of hydrogen-bond acceptors (Lipinski definition) is 1. The lowest BCUT2D eigenvalue weighted by molar-refractivity contribution is 0.0682. The normalized spacial score (nSPS) is 20.4. The van der Waals surface area contributed by atoms with Crippen LogP contribution in [0.3, 0.4) is 0 Å². The summed E-state index contributed by atoms with van der Waals surface area (Å²) in [5, 5.41) is 0. The summed E-state index contributed by atoms with van der Waals surface area (Å²) >= 11 is 5.65. The molecule has 2 rings (SSSR count). The van der Waals surface area contributed by atoms with Crippen LogP contribution in [0.25, 0.3) is 0 Å². The predicted octanol–water partition coefficient (Wildman–Crippen LogP) is 3.93. The van der Waals surface area contributed by atoms with E-state index < -0.39 is 0 Å². The molecule has 1 atom stereocenters. The van der Waals surface area contributed by atoms with E-state index in [1.807, 2.05) is 23.1 Å². The number of benzene rings is 1. The highest BCUT2D eigenvalue weighted by Gasteiger charge is 2.23. The second-order valence-corrected chi connectivity index (χ2v) is 6.70. The summed E-state index contributed by atoms with van der Waals surface area (Å²) in [5.74, 6) is 0.791. The molecule has 0 aliphatic carbocycles. The summed E-state index contributed by atoms with van der Waals surface area (Å²) in [6, 6.07) is 5.87. The number of piperidine rings is 1. The van der Waals surface area contributed by atoms with Crippen LogP contribution in [-0.2, 0) is 0 Å². The molecule has 92 valence electrons. The third-order valence-electron chi connectivity index (χ3n) is 3.10. The largest absolute Gasteiger partial charge is 0.338 e. The lowest BCUT2D eigenvalue weighted by Gasteiger charge is -2.31. The molecule has 0 bridgehead atoms. The van der Waals surface area contributed by atoms with Gasteiger partial charge in [-0.2, -0.15) is 0 Å². The van der Waals surface area contributed by atoms with Gasteiger partial charge < -0.3 is 4.90 Å². The molecule has 17 heavy (non-hydrogen) atoms. The van der Waals surface area contributed by atoms with Gasteiger partial charge in [0.25, 0.3) is 5.91 Å². The Labute approximate surface area is 124 Å². The van der Waals surface area contributed by atoms with Crippen LogP contribution in [0, 0.1) is 9.49 Å². The van der Waals surface area contributed by atoms with Crippen molar-refractivity contribution in [1.29, 1.82) is 0 Å². The zero-order valence-corrected chi connectivity index (χ0v) is 13.5.